The van der Waals surface area contributed by atoms with Gasteiger partial charge in [-0.15, -0.1) is 0 Å². The van der Waals surface area contributed by atoms with Crippen LogP contribution in [-0.4, -0.2) is 11.4 Å². The van der Waals surface area contributed by atoms with E-state index in [0.29, 0.717) is 15.6 Å². The van der Waals surface area contributed by atoms with Crippen molar-refractivity contribution in [2.24, 2.45) is 5.73 Å². The minimum Gasteiger partial charge on any atom is -0.343 e. The van der Waals surface area contributed by atoms with Crippen LogP contribution in [0.25, 0.3) is 0 Å². The highest BCUT2D eigenvalue weighted by molar-refractivity contribution is 6.36. The van der Waals surface area contributed by atoms with Crippen molar-refractivity contribution in [2.75, 3.05) is 0 Å². The molecule has 0 spiro atoms. The number of amides is 1. The Labute approximate surface area is 152 Å². The van der Waals surface area contributed by atoms with Gasteiger partial charge >= 0.3 is 0 Å². The van der Waals surface area contributed by atoms with Gasteiger partial charge in [-0.25, -0.2) is 0 Å². The summed E-state index contributed by atoms with van der Waals surface area (Å²) in [5.74, 6) is -0.234. The highest BCUT2D eigenvalue weighted by Gasteiger charge is 2.39. The van der Waals surface area contributed by atoms with Gasteiger partial charge in [0.25, 0.3) is 5.91 Å². The van der Waals surface area contributed by atoms with E-state index in [4.69, 9.17) is 28.9 Å². The number of nitrogens with one attached hydrogen (secondary N) is 1. The van der Waals surface area contributed by atoms with E-state index in [1.165, 1.54) is 0 Å². The number of rotatable bonds is 4. The Balaban J connectivity index is 1.90. The maximum Gasteiger partial charge on any atom is 0.253 e. The second kappa shape index (κ2) is 7.14. The van der Waals surface area contributed by atoms with Crippen molar-refractivity contribution in [2.45, 2.75) is 37.3 Å². The van der Waals surface area contributed by atoms with Crippen LogP contribution in [0.5, 0.6) is 0 Å². The molecule has 126 valence electrons. The smallest absolute Gasteiger partial charge is 0.253 e. The van der Waals surface area contributed by atoms with Crippen LogP contribution < -0.4 is 11.1 Å². The van der Waals surface area contributed by atoms with Gasteiger partial charge < -0.3 is 11.1 Å². The molecule has 3 N–H and O–H groups in total. The van der Waals surface area contributed by atoms with Gasteiger partial charge in [0.15, 0.2) is 0 Å². The lowest BCUT2D eigenvalue weighted by atomic mass is 9.84. The fourth-order valence-corrected chi connectivity index (χ4v) is 3.90. The number of carbonyl (C=O) groups is 1. The Morgan fingerprint density at radius 3 is 2.38 bits per heavy atom. The maximum absolute atomic E-state index is 12.8. The molecule has 0 radical (unpaired) electrons. The third-order valence-corrected chi connectivity index (χ3v) is 5.24. The van der Waals surface area contributed by atoms with Crippen molar-refractivity contribution in [3.63, 3.8) is 0 Å². The van der Waals surface area contributed by atoms with Crippen LogP contribution in [-0.2, 0) is 0 Å². The number of halogens is 2. The van der Waals surface area contributed by atoms with Crippen LogP contribution in [0.4, 0.5) is 0 Å². The van der Waals surface area contributed by atoms with E-state index in [0.717, 1.165) is 31.2 Å². The number of benzene rings is 2. The second-order valence-electron chi connectivity index (χ2n) is 6.38. The predicted molar refractivity (Wildman–Crippen MR) is 98.5 cm³/mol. The molecular formula is C19H20Cl2N2O. The van der Waals surface area contributed by atoms with E-state index < -0.39 is 5.54 Å². The van der Waals surface area contributed by atoms with E-state index in [9.17, 15) is 4.79 Å². The average molecular weight is 363 g/mol. The molecule has 0 heterocycles. The van der Waals surface area contributed by atoms with Crippen molar-refractivity contribution in [3.05, 3.63) is 69.7 Å². The number of hydrogen-bond acceptors (Lipinski definition) is 2. The lowest BCUT2D eigenvalue weighted by Gasteiger charge is -2.35. The Bertz CT molecular complexity index is 727. The summed E-state index contributed by atoms with van der Waals surface area (Å²) in [4.78, 5) is 12.8. The molecule has 24 heavy (non-hydrogen) atoms. The van der Waals surface area contributed by atoms with Gasteiger partial charge in [0.1, 0.15) is 0 Å². The first kappa shape index (κ1) is 17.3. The maximum atomic E-state index is 12.8. The number of carbonyl (C=O) groups excluding carboxylic acids is 1. The van der Waals surface area contributed by atoms with E-state index >= 15 is 0 Å². The van der Waals surface area contributed by atoms with Gasteiger partial charge in [0.05, 0.1) is 16.6 Å². The summed E-state index contributed by atoms with van der Waals surface area (Å²) < 4.78 is 0. The van der Waals surface area contributed by atoms with Gasteiger partial charge in [0.2, 0.25) is 0 Å². The van der Waals surface area contributed by atoms with Crippen molar-refractivity contribution in [3.8, 4) is 0 Å². The highest BCUT2D eigenvalue weighted by atomic mass is 35.5. The molecule has 3 rings (SSSR count). The summed E-state index contributed by atoms with van der Waals surface area (Å²) >= 11 is 12.1. The standard InChI is InChI=1S/C19H20Cl2N2O/c20-14-8-9-15(16(21)12-14)18(24)23-17(13-6-2-1-3-7-13)19(22)10-4-5-11-19/h1-3,6-9,12,17H,4-5,10-11,22H2,(H,23,24). The van der Waals surface area contributed by atoms with E-state index in [-0.39, 0.29) is 11.9 Å². The van der Waals surface area contributed by atoms with Crippen LogP contribution in [0.3, 0.4) is 0 Å². The zero-order valence-electron chi connectivity index (χ0n) is 13.3. The molecule has 2 aromatic rings. The lowest BCUT2D eigenvalue weighted by molar-refractivity contribution is 0.0913. The van der Waals surface area contributed by atoms with Crippen molar-refractivity contribution in [1.82, 2.24) is 5.32 Å². The van der Waals surface area contributed by atoms with Crippen molar-refractivity contribution >= 4 is 29.1 Å². The zero-order valence-corrected chi connectivity index (χ0v) is 14.8. The molecule has 0 bridgehead atoms. The first-order valence-corrected chi connectivity index (χ1v) is 8.85. The third-order valence-electron chi connectivity index (χ3n) is 4.69. The molecule has 1 atom stereocenters. The molecule has 1 amide bonds. The molecule has 3 nitrogen and oxygen atoms in total. The normalized spacial score (nSPS) is 17.5. The van der Waals surface area contributed by atoms with Crippen LogP contribution >= 0.6 is 23.2 Å². The van der Waals surface area contributed by atoms with Crippen LogP contribution in [0, 0.1) is 0 Å². The first-order valence-electron chi connectivity index (χ1n) is 8.09. The molecule has 1 aliphatic carbocycles. The minimum absolute atomic E-state index is 0.234. The van der Waals surface area contributed by atoms with Crippen LogP contribution in [0.2, 0.25) is 10.0 Å². The first-order chi connectivity index (χ1) is 11.5. The molecular weight excluding hydrogens is 343 g/mol. The van der Waals surface area contributed by atoms with Crippen molar-refractivity contribution in [1.29, 1.82) is 0 Å². The van der Waals surface area contributed by atoms with Gasteiger partial charge in [-0.2, -0.15) is 0 Å². The Kier molecular flexibility index (Phi) is 5.14. The van der Waals surface area contributed by atoms with Gasteiger partial charge in [-0.3, -0.25) is 4.79 Å². The summed E-state index contributed by atoms with van der Waals surface area (Å²) in [5.41, 5.74) is 7.64. The molecule has 2 aromatic carbocycles. The van der Waals surface area contributed by atoms with E-state index in [2.05, 4.69) is 5.32 Å². The highest BCUT2D eigenvalue weighted by Crippen LogP contribution is 2.38. The molecule has 1 aliphatic rings. The van der Waals surface area contributed by atoms with Crippen LogP contribution in [0.1, 0.15) is 47.6 Å². The summed E-state index contributed by atoms with van der Waals surface area (Å²) in [7, 11) is 0. The average Bonchev–Trinajstić information content (AvgIpc) is 3.01. The molecule has 1 unspecified atom stereocenters. The SMILES string of the molecule is NC1(C(NC(=O)c2ccc(Cl)cc2Cl)c2ccccc2)CCCC1. The Morgan fingerprint density at radius 1 is 1.08 bits per heavy atom. The topological polar surface area (TPSA) is 55.1 Å². The molecule has 0 aromatic heterocycles. The van der Waals surface area contributed by atoms with Gasteiger partial charge in [-0.1, -0.05) is 66.4 Å². The van der Waals surface area contributed by atoms with E-state index in [1.807, 2.05) is 30.3 Å². The van der Waals surface area contributed by atoms with E-state index in [1.54, 1.807) is 18.2 Å². The second-order valence-corrected chi connectivity index (χ2v) is 7.23. The summed E-state index contributed by atoms with van der Waals surface area (Å²) in [6, 6.07) is 14.5. The summed E-state index contributed by atoms with van der Waals surface area (Å²) in [6.07, 6.45) is 3.94. The molecule has 0 aliphatic heterocycles. The quantitative estimate of drug-likeness (QED) is 0.825. The number of nitrogens with two attached hydrogens (primary N) is 1. The monoisotopic (exact) mass is 362 g/mol. The Hall–Kier alpha value is -1.55. The summed E-state index contributed by atoms with van der Waals surface area (Å²) in [6.45, 7) is 0. The molecule has 0 saturated heterocycles. The third kappa shape index (κ3) is 3.59. The molecule has 1 fully saturated rings. The molecule has 1 saturated carbocycles. The molecule has 5 heteroatoms. The van der Waals surface area contributed by atoms with Gasteiger partial charge in [-0.05, 0) is 36.6 Å². The van der Waals surface area contributed by atoms with Gasteiger partial charge in [0, 0.05) is 10.6 Å². The predicted octanol–water partition coefficient (Wildman–Crippen LogP) is 4.74. The lowest BCUT2D eigenvalue weighted by Crippen LogP contribution is -2.50. The van der Waals surface area contributed by atoms with Crippen LogP contribution in [0.15, 0.2) is 48.5 Å². The number of hydrogen-bond donors (Lipinski definition) is 2. The fraction of sp³-hybridized carbons (Fsp3) is 0.316. The Morgan fingerprint density at radius 2 is 1.75 bits per heavy atom. The fourth-order valence-electron chi connectivity index (χ4n) is 3.41. The zero-order chi connectivity index (χ0) is 17.2. The minimum atomic E-state index is -0.435. The van der Waals surface area contributed by atoms with Crippen molar-refractivity contribution < 1.29 is 4.79 Å². The summed E-state index contributed by atoms with van der Waals surface area (Å²) in [5, 5.41) is 3.94. The largest absolute Gasteiger partial charge is 0.343 e.